The van der Waals surface area contributed by atoms with Crippen LogP contribution in [0.2, 0.25) is 10.0 Å². The first kappa shape index (κ1) is 13.9. The number of nitrogens with two attached hydrogens (primary N) is 1. The van der Waals surface area contributed by atoms with E-state index in [-0.39, 0.29) is 28.4 Å². The molecule has 0 fully saturated rings. The maximum absolute atomic E-state index is 12.2. The summed E-state index contributed by atoms with van der Waals surface area (Å²) in [4.78, 5) is 12.2. The van der Waals surface area contributed by atoms with E-state index in [1.165, 1.54) is 12.1 Å². The van der Waals surface area contributed by atoms with Crippen LogP contribution in [0, 0.1) is 0 Å². The largest absolute Gasteiger partial charge is 0.454 e. The zero-order valence-corrected chi connectivity index (χ0v) is 12.2. The van der Waals surface area contributed by atoms with Crippen LogP contribution in [0.25, 0.3) is 0 Å². The molecule has 0 radical (unpaired) electrons. The predicted molar refractivity (Wildman–Crippen MR) is 81.4 cm³/mol. The number of carbonyl (C=O) groups is 1. The van der Waals surface area contributed by atoms with Crippen LogP contribution in [-0.2, 0) is 0 Å². The lowest BCUT2D eigenvalue weighted by Gasteiger charge is -2.08. The highest BCUT2D eigenvalue weighted by Crippen LogP contribution is 2.34. The van der Waals surface area contributed by atoms with Gasteiger partial charge in [0.15, 0.2) is 11.5 Å². The van der Waals surface area contributed by atoms with Crippen molar-refractivity contribution in [3.8, 4) is 11.5 Å². The molecule has 2 aromatic carbocycles. The van der Waals surface area contributed by atoms with Crippen molar-refractivity contribution in [3.63, 3.8) is 0 Å². The Morgan fingerprint density at radius 3 is 2.48 bits per heavy atom. The average Bonchev–Trinajstić information content (AvgIpc) is 2.91. The molecule has 0 saturated carbocycles. The van der Waals surface area contributed by atoms with Crippen LogP contribution in [-0.4, -0.2) is 12.7 Å². The summed E-state index contributed by atoms with van der Waals surface area (Å²) in [6.45, 7) is 0.176. The second kappa shape index (κ2) is 5.35. The van der Waals surface area contributed by atoms with E-state index in [0.29, 0.717) is 22.7 Å². The third-order valence-electron chi connectivity index (χ3n) is 2.97. The Balaban J connectivity index is 1.83. The molecular formula is C14H10Cl2N2O3. The number of amides is 1. The Bertz CT molecular complexity index is 711. The van der Waals surface area contributed by atoms with Crippen molar-refractivity contribution in [2.75, 3.05) is 17.8 Å². The number of carbonyl (C=O) groups excluding carboxylic acids is 1. The van der Waals surface area contributed by atoms with E-state index in [1.54, 1.807) is 18.2 Å². The molecule has 0 aliphatic carbocycles. The van der Waals surface area contributed by atoms with Crippen LogP contribution in [0.4, 0.5) is 11.4 Å². The minimum Gasteiger partial charge on any atom is -0.454 e. The van der Waals surface area contributed by atoms with Gasteiger partial charge in [-0.25, -0.2) is 0 Å². The second-order valence-corrected chi connectivity index (χ2v) is 5.19. The van der Waals surface area contributed by atoms with Gasteiger partial charge in [-0.3, -0.25) is 4.79 Å². The van der Waals surface area contributed by atoms with E-state index in [9.17, 15) is 4.79 Å². The predicted octanol–water partition coefficient (Wildman–Crippen LogP) is 3.56. The summed E-state index contributed by atoms with van der Waals surface area (Å²) in [6, 6.07) is 8.05. The zero-order chi connectivity index (χ0) is 15.0. The number of fused-ring (bicyclic) bond motifs is 1. The number of nitrogens with one attached hydrogen (secondary N) is 1. The fourth-order valence-electron chi connectivity index (χ4n) is 1.89. The molecule has 0 unspecified atom stereocenters. The van der Waals surface area contributed by atoms with Crippen molar-refractivity contribution in [2.24, 2.45) is 0 Å². The molecule has 1 aliphatic rings. The third kappa shape index (κ3) is 2.70. The smallest absolute Gasteiger partial charge is 0.255 e. The first-order valence-corrected chi connectivity index (χ1v) is 6.76. The number of nitrogen functional groups attached to an aromatic ring is 1. The lowest BCUT2D eigenvalue weighted by Crippen LogP contribution is -2.12. The molecule has 108 valence electrons. The molecule has 1 amide bonds. The molecule has 0 aromatic heterocycles. The fraction of sp³-hybridized carbons (Fsp3) is 0.0714. The summed E-state index contributed by atoms with van der Waals surface area (Å²) in [5.41, 5.74) is 6.78. The van der Waals surface area contributed by atoms with Gasteiger partial charge >= 0.3 is 0 Å². The summed E-state index contributed by atoms with van der Waals surface area (Å²) in [5.74, 6) is 0.880. The second-order valence-electron chi connectivity index (χ2n) is 4.38. The third-order valence-corrected chi connectivity index (χ3v) is 3.60. The van der Waals surface area contributed by atoms with Gasteiger partial charge in [0, 0.05) is 17.3 Å². The lowest BCUT2D eigenvalue weighted by atomic mass is 10.2. The highest BCUT2D eigenvalue weighted by Gasteiger charge is 2.15. The van der Waals surface area contributed by atoms with E-state index in [2.05, 4.69) is 5.32 Å². The summed E-state index contributed by atoms with van der Waals surface area (Å²) >= 11 is 11.8. The fourth-order valence-corrected chi connectivity index (χ4v) is 2.38. The van der Waals surface area contributed by atoms with Crippen molar-refractivity contribution in [1.82, 2.24) is 0 Å². The van der Waals surface area contributed by atoms with Crippen LogP contribution in [0.5, 0.6) is 11.5 Å². The number of hydrogen-bond donors (Lipinski definition) is 2. The number of anilines is 2. The Kier molecular flexibility index (Phi) is 3.53. The minimum atomic E-state index is -0.349. The Hall–Kier alpha value is -2.11. The molecule has 5 nitrogen and oxygen atoms in total. The molecule has 3 rings (SSSR count). The Morgan fingerprint density at radius 2 is 1.76 bits per heavy atom. The topological polar surface area (TPSA) is 73.6 Å². The van der Waals surface area contributed by atoms with Crippen LogP contribution < -0.4 is 20.5 Å². The summed E-state index contributed by atoms with van der Waals surface area (Å²) in [5, 5.41) is 3.20. The highest BCUT2D eigenvalue weighted by molar-refractivity contribution is 6.39. The quantitative estimate of drug-likeness (QED) is 0.828. The molecule has 1 heterocycles. The van der Waals surface area contributed by atoms with Crippen molar-refractivity contribution < 1.29 is 14.3 Å². The molecule has 0 spiro atoms. The van der Waals surface area contributed by atoms with Crippen LogP contribution in [0.15, 0.2) is 30.3 Å². The van der Waals surface area contributed by atoms with Crippen molar-refractivity contribution in [1.29, 1.82) is 0 Å². The summed E-state index contributed by atoms with van der Waals surface area (Å²) < 4.78 is 10.5. The average molecular weight is 325 g/mol. The molecular weight excluding hydrogens is 315 g/mol. The van der Waals surface area contributed by atoms with Gasteiger partial charge in [0.25, 0.3) is 5.91 Å². The molecule has 1 aliphatic heterocycles. The molecule has 3 N–H and O–H groups in total. The first-order chi connectivity index (χ1) is 10.0. The summed E-state index contributed by atoms with van der Waals surface area (Å²) in [7, 11) is 0. The van der Waals surface area contributed by atoms with Crippen molar-refractivity contribution in [3.05, 3.63) is 45.9 Å². The first-order valence-electron chi connectivity index (χ1n) is 6.00. The van der Waals surface area contributed by atoms with E-state index in [4.69, 9.17) is 38.4 Å². The number of ether oxygens (including phenoxy) is 2. The molecule has 21 heavy (non-hydrogen) atoms. The molecule has 0 saturated heterocycles. The van der Waals surface area contributed by atoms with Gasteiger partial charge in [-0.1, -0.05) is 23.2 Å². The number of hydrogen-bond acceptors (Lipinski definition) is 4. The molecule has 0 bridgehead atoms. The van der Waals surface area contributed by atoms with E-state index >= 15 is 0 Å². The van der Waals surface area contributed by atoms with Gasteiger partial charge in [0.2, 0.25) is 6.79 Å². The number of halogens is 2. The standard InChI is InChI=1S/C14H10Cl2N2O3/c15-9-3-7(4-10(16)13(9)17)14(19)18-8-1-2-11-12(5-8)21-6-20-11/h1-5H,6,17H2,(H,18,19). The number of rotatable bonds is 2. The monoisotopic (exact) mass is 324 g/mol. The van der Waals surface area contributed by atoms with E-state index < -0.39 is 0 Å². The Labute approximate surface area is 130 Å². The SMILES string of the molecule is Nc1c(Cl)cc(C(=O)Nc2ccc3c(c2)OCO3)cc1Cl. The molecule has 2 aromatic rings. The van der Waals surface area contributed by atoms with Crippen LogP contribution in [0.3, 0.4) is 0 Å². The van der Waals surface area contributed by atoms with Crippen LogP contribution in [0.1, 0.15) is 10.4 Å². The minimum absolute atomic E-state index is 0.176. The highest BCUT2D eigenvalue weighted by atomic mass is 35.5. The molecule has 7 heteroatoms. The lowest BCUT2D eigenvalue weighted by molar-refractivity contribution is 0.102. The van der Waals surface area contributed by atoms with Crippen molar-refractivity contribution in [2.45, 2.75) is 0 Å². The van der Waals surface area contributed by atoms with Gasteiger partial charge in [-0.15, -0.1) is 0 Å². The maximum Gasteiger partial charge on any atom is 0.255 e. The Morgan fingerprint density at radius 1 is 1.10 bits per heavy atom. The van der Waals surface area contributed by atoms with Gasteiger partial charge in [-0.2, -0.15) is 0 Å². The molecule has 0 atom stereocenters. The normalized spacial score (nSPS) is 12.3. The van der Waals surface area contributed by atoms with Gasteiger partial charge < -0.3 is 20.5 Å². The van der Waals surface area contributed by atoms with E-state index in [1.807, 2.05) is 0 Å². The van der Waals surface area contributed by atoms with Crippen LogP contribution >= 0.6 is 23.2 Å². The zero-order valence-electron chi connectivity index (χ0n) is 10.7. The number of benzene rings is 2. The summed E-state index contributed by atoms with van der Waals surface area (Å²) in [6.07, 6.45) is 0. The van der Waals surface area contributed by atoms with Crippen molar-refractivity contribution >= 4 is 40.5 Å². The van der Waals surface area contributed by atoms with E-state index in [0.717, 1.165) is 0 Å². The van der Waals surface area contributed by atoms with Gasteiger partial charge in [0.1, 0.15) is 0 Å². The van der Waals surface area contributed by atoms with Gasteiger partial charge in [0.05, 0.1) is 15.7 Å². The van der Waals surface area contributed by atoms with Gasteiger partial charge in [-0.05, 0) is 24.3 Å². The maximum atomic E-state index is 12.2.